The quantitative estimate of drug-likeness (QED) is 0.555. The Morgan fingerprint density at radius 1 is 1.12 bits per heavy atom. The zero-order chi connectivity index (χ0) is 22.7. The van der Waals surface area contributed by atoms with Crippen LogP contribution in [0.2, 0.25) is 0 Å². The molecule has 1 aromatic heterocycles. The lowest BCUT2D eigenvalue weighted by Gasteiger charge is -2.25. The number of sulfonamides is 1. The lowest BCUT2D eigenvalue weighted by atomic mass is 10.3. The molecular weight excluding hydrogens is 459 g/mol. The van der Waals surface area contributed by atoms with Gasteiger partial charge < -0.3 is 14.4 Å². The van der Waals surface area contributed by atoms with Crippen molar-refractivity contribution in [1.29, 1.82) is 0 Å². The van der Waals surface area contributed by atoms with Crippen LogP contribution in [0.4, 0.5) is 4.39 Å². The number of morpholine rings is 1. The SMILES string of the molecule is COc1ccc(-n2nc(C(=O)N3CCOCC3)/c(=N/S(=O)(=O)c3ccc(F)cc3)s2)cc1. The molecule has 1 amide bonds. The average molecular weight is 479 g/mol. The molecule has 12 heteroatoms. The van der Waals surface area contributed by atoms with Crippen molar-refractivity contribution in [1.82, 2.24) is 14.1 Å². The highest BCUT2D eigenvalue weighted by Crippen LogP contribution is 2.17. The van der Waals surface area contributed by atoms with Crippen LogP contribution in [0.5, 0.6) is 5.75 Å². The first kappa shape index (κ1) is 22.1. The second-order valence-corrected chi connectivity index (χ2v) is 9.26. The standard InChI is InChI=1S/C20H19FN4O5S2/c1-29-16-6-4-15(5-7-16)25-22-18(20(26)24-10-12-30-13-11-24)19(31-25)23-32(27,28)17-8-2-14(21)3-9-17/h2-9H,10-13H2,1H3/b23-19-. The molecule has 1 aliphatic rings. The number of nitrogens with zero attached hydrogens (tertiary/aromatic N) is 4. The van der Waals surface area contributed by atoms with Gasteiger partial charge in [0, 0.05) is 13.1 Å². The Balaban J connectivity index is 1.81. The first-order valence-corrected chi connectivity index (χ1v) is 11.8. The molecule has 1 saturated heterocycles. The summed E-state index contributed by atoms with van der Waals surface area (Å²) in [7, 11) is -2.65. The summed E-state index contributed by atoms with van der Waals surface area (Å²) in [6.45, 7) is 1.50. The Morgan fingerprint density at radius 2 is 1.78 bits per heavy atom. The highest BCUT2D eigenvalue weighted by Gasteiger charge is 2.25. The van der Waals surface area contributed by atoms with Crippen LogP contribution in [0, 0.1) is 5.82 Å². The van der Waals surface area contributed by atoms with E-state index in [1.165, 1.54) is 4.07 Å². The van der Waals surface area contributed by atoms with E-state index in [2.05, 4.69) is 9.50 Å². The third kappa shape index (κ3) is 4.71. The summed E-state index contributed by atoms with van der Waals surface area (Å²) in [6.07, 6.45) is 0. The van der Waals surface area contributed by atoms with Crippen molar-refractivity contribution in [3.63, 3.8) is 0 Å². The van der Waals surface area contributed by atoms with Crippen LogP contribution in [0.25, 0.3) is 5.69 Å². The minimum atomic E-state index is -4.20. The van der Waals surface area contributed by atoms with Crippen molar-refractivity contribution in [2.45, 2.75) is 4.90 Å². The van der Waals surface area contributed by atoms with Crippen LogP contribution in [0.15, 0.2) is 57.8 Å². The molecule has 0 radical (unpaired) electrons. The minimum Gasteiger partial charge on any atom is -0.497 e. The molecule has 168 valence electrons. The summed E-state index contributed by atoms with van der Waals surface area (Å²) in [5, 5.41) is 4.35. The second kappa shape index (κ2) is 9.18. The van der Waals surface area contributed by atoms with Gasteiger partial charge in [0.1, 0.15) is 11.6 Å². The molecule has 0 spiro atoms. The molecular formula is C20H19FN4O5S2. The van der Waals surface area contributed by atoms with Crippen LogP contribution in [0.1, 0.15) is 10.5 Å². The smallest absolute Gasteiger partial charge is 0.283 e. The Hall–Kier alpha value is -3.09. The summed E-state index contributed by atoms with van der Waals surface area (Å²) >= 11 is 0.909. The Kier molecular flexibility index (Phi) is 6.35. The van der Waals surface area contributed by atoms with Crippen molar-refractivity contribution in [2.24, 2.45) is 4.40 Å². The summed E-state index contributed by atoms with van der Waals surface area (Å²) < 4.78 is 54.5. The van der Waals surface area contributed by atoms with E-state index in [0.29, 0.717) is 37.7 Å². The molecule has 2 heterocycles. The van der Waals surface area contributed by atoms with Gasteiger partial charge in [-0.15, -0.1) is 9.50 Å². The van der Waals surface area contributed by atoms with Gasteiger partial charge in [0.05, 0.1) is 30.9 Å². The van der Waals surface area contributed by atoms with E-state index >= 15 is 0 Å². The van der Waals surface area contributed by atoms with Crippen molar-refractivity contribution in [2.75, 3.05) is 33.4 Å². The molecule has 3 aromatic rings. The number of hydrogen-bond donors (Lipinski definition) is 0. The zero-order valence-corrected chi connectivity index (χ0v) is 18.6. The topological polar surface area (TPSA) is 103 Å². The van der Waals surface area contributed by atoms with Crippen LogP contribution in [0.3, 0.4) is 0 Å². The molecule has 1 aliphatic heterocycles. The van der Waals surface area contributed by atoms with E-state index < -0.39 is 21.7 Å². The van der Waals surface area contributed by atoms with Gasteiger partial charge in [-0.3, -0.25) is 4.79 Å². The maximum Gasteiger partial charge on any atom is 0.283 e. The Labute approximate surface area is 187 Å². The van der Waals surface area contributed by atoms with Crippen LogP contribution < -0.4 is 9.41 Å². The molecule has 0 atom stereocenters. The minimum absolute atomic E-state index is 0.0679. The monoisotopic (exact) mass is 478 g/mol. The molecule has 32 heavy (non-hydrogen) atoms. The van der Waals surface area contributed by atoms with E-state index in [4.69, 9.17) is 9.47 Å². The van der Waals surface area contributed by atoms with Gasteiger partial charge in [-0.1, -0.05) is 0 Å². The highest BCUT2D eigenvalue weighted by molar-refractivity contribution is 7.90. The van der Waals surface area contributed by atoms with Gasteiger partial charge in [-0.25, -0.2) is 4.39 Å². The summed E-state index contributed by atoms with van der Waals surface area (Å²) in [4.78, 5) is 14.5. The number of carbonyl (C=O) groups is 1. The maximum absolute atomic E-state index is 13.2. The highest BCUT2D eigenvalue weighted by atomic mass is 32.2. The largest absolute Gasteiger partial charge is 0.497 e. The van der Waals surface area contributed by atoms with Crippen molar-refractivity contribution < 1.29 is 27.1 Å². The fraction of sp³-hybridized carbons (Fsp3) is 0.250. The predicted octanol–water partition coefficient (Wildman–Crippen LogP) is 1.84. The summed E-state index contributed by atoms with van der Waals surface area (Å²) in [6, 6.07) is 11.2. The molecule has 2 aromatic carbocycles. The van der Waals surface area contributed by atoms with Gasteiger partial charge in [0.15, 0.2) is 10.4 Å². The average Bonchev–Trinajstić information content (AvgIpc) is 3.22. The molecule has 0 unspecified atom stereocenters. The number of aromatic nitrogens is 2. The summed E-state index contributed by atoms with van der Waals surface area (Å²) in [5.74, 6) is -0.369. The molecule has 0 saturated carbocycles. The number of benzene rings is 2. The van der Waals surface area contributed by atoms with Crippen LogP contribution in [-0.4, -0.2) is 61.8 Å². The predicted molar refractivity (Wildman–Crippen MR) is 114 cm³/mol. The number of hydrogen-bond acceptors (Lipinski definition) is 7. The van der Waals surface area contributed by atoms with Crippen molar-refractivity contribution in [3.8, 4) is 11.4 Å². The Bertz CT molecular complexity index is 1280. The van der Waals surface area contributed by atoms with E-state index in [0.717, 1.165) is 35.8 Å². The molecule has 0 N–H and O–H groups in total. The maximum atomic E-state index is 13.2. The second-order valence-electron chi connectivity index (χ2n) is 6.74. The zero-order valence-electron chi connectivity index (χ0n) is 17.0. The fourth-order valence-electron chi connectivity index (χ4n) is 2.98. The van der Waals surface area contributed by atoms with Crippen LogP contribution >= 0.6 is 11.5 Å². The van der Waals surface area contributed by atoms with Gasteiger partial charge in [-0.2, -0.15) is 12.5 Å². The van der Waals surface area contributed by atoms with Gasteiger partial charge in [0.2, 0.25) is 0 Å². The number of methoxy groups -OCH3 is 1. The fourth-order valence-corrected chi connectivity index (χ4v) is 5.02. The van der Waals surface area contributed by atoms with Crippen LogP contribution in [-0.2, 0) is 14.8 Å². The first-order valence-electron chi connectivity index (χ1n) is 9.56. The number of amides is 1. The van der Waals surface area contributed by atoms with E-state index in [-0.39, 0.29) is 15.3 Å². The number of halogens is 1. The first-order chi connectivity index (χ1) is 15.4. The van der Waals surface area contributed by atoms with E-state index in [1.807, 2.05) is 0 Å². The third-order valence-electron chi connectivity index (χ3n) is 4.68. The number of carbonyl (C=O) groups excluding carboxylic acids is 1. The van der Waals surface area contributed by atoms with Crippen molar-refractivity contribution in [3.05, 3.63) is 64.7 Å². The molecule has 4 rings (SSSR count). The number of rotatable bonds is 5. The number of ether oxygens (including phenoxy) is 2. The van der Waals surface area contributed by atoms with E-state index in [9.17, 15) is 17.6 Å². The lowest BCUT2D eigenvalue weighted by Crippen LogP contribution is -2.42. The summed E-state index contributed by atoms with van der Waals surface area (Å²) in [5.41, 5.74) is 0.519. The lowest BCUT2D eigenvalue weighted by molar-refractivity contribution is 0.0298. The van der Waals surface area contributed by atoms with Gasteiger partial charge in [0.25, 0.3) is 15.9 Å². The van der Waals surface area contributed by atoms with E-state index in [1.54, 1.807) is 36.3 Å². The molecule has 0 aliphatic carbocycles. The molecule has 1 fully saturated rings. The molecule has 9 nitrogen and oxygen atoms in total. The third-order valence-corrected chi connectivity index (χ3v) is 7.00. The normalized spacial score (nSPS) is 15.1. The molecule has 0 bridgehead atoms. The van der Waals surface area contributed by atoms with Gasteiger partial charge >= 0.3 is 0 Å². The van der Waals surface area contributed by atoms with Crippen molar-refractivity contribution >= 4 is 27.5 Å². The van der Waals surface area contributed by atoms with Gasteiger partial charge in [-0.05, 0) is 60.1 Å². The Morgan fingerprint density at radius 3 is 2.41 bits per heavy atom.